The Balaban J connectivity index is 0.000000675. The Hall–Kier alpha value is -0.860. The van der Waals surface area contributed by atoms with Crippen LogP contribution in [-0.2, 0) is 6.42 Å². The molecule has 302 valence electrons. The Bertz CT molecular complexity index is 1030. The van der Waals surface area contributed by atoms with Crippen LogP contribution in [0.4, 0.5) is 0 Å². The molecule has 3 saturated carbocycles. The molecule has 0 aromatic heterocycles. The molecule has 0 heterocycles. The standard InChI is InChI=1S/C15H28.C15H16.C12H24.C8H18.2H2S/c2*1-12-3-7-14(8-4-12)11-15-9-5-13(2)6-10-15;1-6-12(5)8-10(2)7-11(3,4)9-12;1-3-5-7-8-6-4-2;;/h12-15H,3-11H2,1-2H3;3-10H,11H2,1-2H3;10H,6-9H2,1-5H3;3-8H2,1-2H3;2*1H2. The van der Waals surface area contributed by atoms with Crippen molar-refractivity contribution in [3.05, 3.63) is 70.8 Å². The van der Waals surface area contributed by atoms with Crippen molar-refractivity contribution >= 4 is 27.0 Å². The van der Waals surface area contributed by atoms with Gasteiger partial charge in [0, 0.05) is 0 Å². The first-order valence-corrected chi connectivity index (χ1v) is 21.9. The van der Waals surface area contributed by atoms with Crippen molar-refractivity contribution < 1.29 is 0 Å². The van der Waals surface area contributed by atoms with Gasteiger partial charge in [0.05, 0.1) is 0 Å². The summed E-state index contributed by atoms with van der Waals surface area (Å²) >= 11 is 0. The molecule has 0 aliphatic heterocycles. The van der Waals surface area contributed by atoms with E-state index in [9.17, 15) is 0 Å². The molecule has 3 aliphatic rings. The number of aryl methyl sites for hydroxylation is 2. The van der Waals surface area contributed by atoms with Crippen LogP contribution in [0.15, 0.2) is 48.5 Å². The van der Waals surface area contributed by atoms with Gasteiger partial charge >= 0.3 is 0 Å². The average Bonchev–Trinajstić information content (AvgIpc) is 3.07. The molecule has 52 heavy (non-hydrogen) atoms. The second-order valence-corrected chi connectivity index (χ2v) is 19.1. The Morgan fingerprint density at radius 3 is 1.23 bits per heavy atom. The van der Waals surface area contributed by atoms with Crippen LogP contribution < -0.4 is 0 Å². The van der Waals surface area contributed by atoms with Gasteiger partial charge in [0.25, 0.3) is 0 Å². The minimum Gasteiger partial charge on any atom is -0.197 e. The zero-order valence-electron chi connectivity index (χ0n) is 36.6. The maximum Gasteiger partial charge on any atom is -0.00258 e. The molecule has 0 saturated heterocycles. The maximum atomic E-state index is 2.46. The third-order valence-corrected chi connectivity index (χ3v) is 12.5. The fourth-order valence-corrected chi connectivity index (χ4v) is 9.53. The third-order valence-electron chi connectivity index (χ3n) is 12.5. The molecule has 0 radical (unpaired) electrons. The molecule has 0 bridgehead atoms. The van der Waals surface area contributed by atoms with Crippen LogP contribution in [0.5, 0.6) is 0 Å². The molecule has 2 aromatic rings. The zero-order chi connectivity index (χ0) is 37.0. The molecule has 0 N–H and O–H groups in total. The Labute approximate surface area is 341 Å². The van der Waals surface area contributed by atoms with Crippen LogP contribution in [0.1, 0.15) is 207 Å². The largest absolute Gasteiger partial charge is 0.197 e. The minimum absolute atomic E-state index is 0. The van der Waals surface area contributed by atoms with Crippen LogP contribution >= 0.6 is 27.0 Å². The van der Waals surface area contributed by atoms with Crippen molar-refractivity contribution in [2.75, 3.05) is 0 Å². The van der Waals surface area contributed by atoms with Gasteiger partial charge in [-0.3, -0.25) is 0 Å². The van der Waals surface area contributed by atoms with E-state index in [1.54, 1.807) is 6.42 Å². The molecule has 0 amide bonds. The number of hydrogen-bond donors (Lipinski definition) is 0. The van der Waals surface area contributed by atoms with E-state index in [2.05, 4.69) is 125 Å². The minimum atomic E-state index is 0. The smallest absolute Gasteiger partial charge is 0.00258 e. The van der Waals surface area contributed by atoms with E-state index in [4.69, 9.17) is 0 Å². The Morgan fingerprint density at radius 1 is 0.519 bits per heavy atom. The van der Waals surface area contributed by atoms with Crippen molar-refractivity contribution in [3.63, 3.8) is 0 Å². The molecule has 3 fully saturated rings. The number of benzene rings is 2. The van der Waals surface area contributed by atoms with Crippen LogP contribution in [0.3, 0.4) is 0 Å². The van der Waals surface area contributed by atoms with Gasteiger partial charge in [0.2, 0.25) is 0 Å². The van der Waals surface area contributed by atoms with Gasteiger partial charge in [0.15, 0.2) is 0 Å². The number of rotatable bonds is 10. The van der Waals surface area contributed by atoms with Crippen LogP contribution in [0.25, 0.3) is 0 Å². The monoisotopic (exact) mass is 755 g/mol. The van der Waals surface area contributed by atoms with Gasteiger partial charge < -0.3 is 0 Å². The van der Waals surface area contributed by atoms with Crippen LogP contribution in [0, 0.1) is 54.3 Å². The number of hydrogen-bond acceptors (Lipinski definition) is 0. The second-order valence-electron chi connectivity index (χ2n) is 19.1. The molecule has 2 unspecified atom stereocenters. The summed E-state index contributed by atoms with van der Waals surface area (Å²) in [5.41, 5.74) is 6.61. The molecule has 5 rings (SSSR count). The summed E-state index contributed by atoms with van der Waals surface area (Å²) in [4.78, 5) is 0. The molecular weight excluding hydrogens is 665 g/mol. The molecule has 2 heteroatoms. The predicted molar refractivity (Wildman–Crippen MR) is 247 cm³/mol. The summed E-state index contributed by atoms with van der Waals surface area (Å²) in [5, 5.41) is 0. The van der Waals surface area contributed by atoms with Gasteiger partial charge in [0.1, 0.15) is 0 Å². The van der Waals surface area contributed by atoms with Crippen molar-refractivity contribution in [3.8, 4) is 0 Å². The normalized spacial score (nSPS) is 26.3. The van der Waals surface area contributed by atoms with E-state index in [0.29, 0.717) is 10.8 Å². The Morgan fingerprint density at radius 2 is 0.904 bits per heavy atom. The predicted octanol–water partition coefficient (Wildman–Crippen LogP) is 16.8. The summed E-state index contributed by atoms with van der Waals surface area (Å²) in [6.07, 6.45) is 28.9. The van der Waals surface area contributed by atoms with E-state index >= 15 is 0 Å². The third kappa shape index (κ3) is 22.5. The van der Waals surface area contributed by atoms with Gasteiger partial charge in [-0.2, -0.15) is 27.0 Å². The highest BCUT2D eigenvalue weighted by molar-refractivity contribution is 7.59. The summed E-state index contributed by atoms with van der Waals surface area (Å²) < 4.78 is 0. The highest BCUT2D eigenvalue weighted by Crippen LogP contribution is 2.50. The second kappa shape index (κ2) is 27.7. The summed E-state index contributed by atoms with van der Waals surface area (Å²) in [7, 11) is 0. The van der Waals surface area contributed by atoms with Gasteiger partial charge in [-0.25, -0.2) is 0 Å². The lowest BCUT2D eigenvalue weighted by Gasteiger charge is -2.45. The molecule has 2 aromatic carbocycles. The zero-order valence-corrected chi connectivity index (χ0v) is 38.6. The fraction of sp³-hybridized carbons (Fsp3) is 0.760. The topological polar surface area (TPSA) is 0 Å². The van der Waals surface area contributed by atoms with Crippen LogP contribution in [0.2, 0.25) is 0 Å². The lowest BCUT2D eigenvalue weighted by molar-refractivity contribution is 0.0582. The highest BCUT2D eigenvalue weighted by atomic mass is 32.1. The first kappa shape index (κ1) is 51.1. The highest BCUT2D eigenvalue weighted by Gasteiger charge is 2.38. The summed E-state index contributed by atoms with van der Waals surface area (Å²) in [6, 6.07) is 17.5. The first-order chi connectivity index (χ1) is 23.8. The number of unbranched alkanes of at least 4 members (excludes halogenated alkanes) is 5. The van der Waals surface area contributed by atoms with E-state index in [1.807, 2.05) is 0 Å². The van der Waals surface area contributed by atoms with Crippen molar-refractivity contribution in [1.82, 2.24) is 0 Å². The van der Waals surface area contributed by atoms with Crippen molar-refractivity contribution in [2.45, 2.75) is 205 Å². The van der Waals surface area contributed by atoms with Crippen molar-refractivity contribution in [1.29, 1.82) is 0 Å². The quantitative estimate of drug-likeness (QED) is 0.212. The van der Waals surface area contributed by atoms with Gasteiger partial charge in [-0.1, -0.05) is 218 Å². The lowest BCUT2D eigenvalue weighted by Crippen LogP contribution is -2.34. The maximum absolute atomic E-state index is 2.46. The van der Waals surface area contributed by atoms with Crippen molar-refractivity contribution in [2.24, 2.45) is 40.4 Å². The fourth-order valence-electron chi connectivity index (χ4n) is 9.53. The van der Waals surface area contributed by atoms with E-state index < -0.39 is 0 Å². The van der Waals surface area contributed by atoms with E-state index in [0.717, 1.165) is 36.0 Å². The van der Waals surface area contributed by atoms with Gasteiger partial charge in [-0.15, -0.1) is 0 Å². The average molecular weight is 755 g/mol. The molecule has 2 atom stereocenters. The first-order valence-electron chi connectivity index (χ1n) is 21.9. The molecule has 3 aliphatic carbocycles. The molecule has 0 spiro atoms. The lowest BCUT2D eigenvalue weighted by atomic mass is 9.60. The van der Waals surface area contributed by atoms with E-state index in [1.165, 1.54) is 138 Å². The summed E-state index contributed by atoms with van der Waals surface area (Å²) in [5.74, 6) is 5.16. The van der Waals surface area contributed by atoms with Gasteiger partial charge in [-0.05, 0) is 97.5 Å². The summed E-state index contributed by atoms with van der Waals surface area (Å²) in [6.45, 7) is 25.7. The Kier molecular flexibility index (Phi) is 27.2. The van der Waals surface area contributed by atoms with E-state index in [-0.39, 0.29) is 27.0 Å². The SMILES string of the molecule is CC1CCC(CC2CCC(C)CC2)CC1.CCC1(C)CC(C)CC(C)(C)C1.CCCCCCCC.Cc1ccc(Cc2ccc(C)cc2)cc1.S.S. The molecule has 0 nitrogen and oxygen atoms in total. The molecular formula is C50H90S2. The van der Waals surface area contributed by atoms with Crippen LogP contribution in [-0.4, -0.2) is 0 Å².